The van der Waals surface area contributed by atoms with E-state index in [1.54, 1.807) is 13.8 Å². The van der Waals surface area contributed by atoms with Crippen molar-refractivity contribution in [2.24, 2.45) is 5.92 Å². The molecule has 1 aliphatic carbocycles. The summed E-state index contributed by atoms with van der Waals surface area (Å²) in [4.78, 5) is 14.6. The molecule has 0 spiro atoms. The highest BCUT2D eigenvalue weighted by Crippen LogP contribution is 2.27. The molecule has 0 aromatic heterocycles. The Morgan fingerprint density at radius 2 is 1.73 bits per heavy atom. The monoisotopic (exact) mass is 381 g/mol. The quantitative estimate of drug-likeness (QED) is 0.761. The summed E-state index contributed by atoms with van der Waals surface area (Å²) in [5, 5.41) is 2.55. The third kappa shape index (κ3) is 5.45. The Bertz CT molecular complexity index is 693. The van der Waals surface area contributed by atoms with Crippen LogP contribution in [-0.2, 0) is 14.8 Å². The minimum Gasteiger partial charge on any atom is -0.375 e. The number of hydrogen-bond acceptors (Lipinski definition) is 4. The van der Waals surface area contributed by atoms with Gasteiger partial charge < -0.3 is 10.2 Å². The fraction of sp³-hybridized carbons (Fsp3) is 0.632. The number of anilines is 2. The molecule has 146 valence electrons. The van der Waals surface area contributed by atoms with Crippen LogP contribution in [0.15, 0.2) is 24.3 Å². The van der Waals surface area contributed by atoms with E-state index in [2.05, 4.69) is 21.9 Å². The molecule has 6 nitrogen and oxygen atoms in total. The van der Waals surface area contributed by atoms with Crippen molar-refractivity contribution in [3.8, 4) is 0 Å². The van der Waals surface area contributed by atoms with Gasteiger partial charge in [-0.1, -0.05) is 0 Å². The Labute approximate surface area is 157 Å². The van der Waals surface area contributed by atoms with Crippen LogP contribution >= 0.6 is 0 Å². The first-order valence-electron chi connectivity index (χ1n) is 9.36. The fourth-order valence-electron chi connectivity index (χ4n) is 3.07. The number of sulfonamides is 1. The summed E-state index contributed by atoms with van der Waals surface area (Å²) in [7, 11) is -1.22. The first-order chi connectivity index (χ1) is 12.2. The summed E-state index contributed by atoms with van der Waals surface area (Å²) in [5.41, 5.74) is 1.91. The highest BCUT2D eigenvalue weighted by molar-refractivity contribution is 7.90. The zero-order valence-electron chi connectivity index (χ0n) is 16.2. The van der Waals surface area contributed by atoms with E-state index in [0.29, 0.717) is 25.7 Å². The number of carbonyl (C=O) groups excluding carboxylic acids is 1. The number of benzene rings is 1. The van der Waals surface area contributed by atoms with Gasteiger partial charge in [0, 0.05) is 36.9 Å². The van der Waals surface area contributed by atoms with Crippen molar-refractivity contribution in [1.29, 1.82) is 0 Å². The lowest BCUT2D eigenvalue weighted by atomic mass is 9.86. The van der Waals surface area contributed by atoms with Crippen LogP contribution in [0.5, 0.6) is 0 Å². The van der Waals surface area contributed by atoms with Gasteiger partial charge in [0.2, 0.25) is 15.9 Å². The number of rotatable bonds is 7. The largest absolute Gasteiger partial charge is 0.375 e. The third-order valence-electron chi connectivity index (χ3n) is 5.10. The molecule has 0 radical (unpaired) electrons. The van der Waals surface area contributed by atoms with Gasteiger partial charge in [0.1, 0.15) is 0 Å². The van der Waals surface area contributed by atoms with Gasteiger partial charge in [-0.3, -0.25) is 4.79 Å². The van der Waals surface area contributed by atoms with E-state index in [9.17, 15) is 13.2 Å². The van der Waals surface area contributed by atoms with Crippen LogP contribution in [0.25, 0.3) is 0 Å². The van der Waals surface area contributed by atoms with Crippen molar-refractivity contribution >= 4 is 27.3 Å². The number of nitrogens with zero attached hydrogens (tertiary/aromatic N) is 1. The summed E-state index contributed by atoms with van der Waals surface area (Å²) < 4.78 is 26.7. The number of hydrogen-bond donors (Lipinski definition) is 2. The SMILES string of the molecule is CCN(C)c1ccc(NC(=O)C2CCC(NS(=O)(=O)C(C)C)CC2)cc1. The second-order valence-corrected chi connectivity index (χ2v) is 9.58. The van der Waals surface area contributed by atoms with Crippen molar-refractivity contribution in [1.82, 2.24) is 4.72 Å². The van der Waals surface area contributed by atoms with Gasteiger partial charge >= 0.3 is 0 Å². The highest BCUT2D eigenvalue weighted by Gasteiger charge is 2.29. The van der Waals surface area contributed by atoms with E-state index in [0.717, 1.165) is 17.9 Å². The van der Waals surface area contributed by atoms with Crippen LogP contribution in [0, 0.1) is 5.92 Å². The molecule has 1 aromatic rings. The predicted octanol–water partition coefficient (Wildman–Crippen LogP) is 2.97. The molecule has 0 atom stereocenters. The Balaban J connectivity index is 1.85. The second-order valence-electron chi connectivity index (χ2n) is 7.31. The zero-order chi connectivity index (χ0) is 19.3. The molecule has 1 amide bonds. The lowest BCUT2D eigenvalue weighted by Gasteiger charge is -2.28. The molecular weight excluding hydrogens is 350 g/mol. The third-order valence-corrected chi connectivity index (χ3v) is 7.00. The van der Waals surface area contributed by atoms with Gasteiger partial charge in [-0.25, -0.2) is 13.1 Å². The van der Waals surface area contributed by atoms with Gasteiger partial charge in [0.15, 0.2) is 0 Å². The van der Waals surface area contributed by atoms with Crippen LogP contribution in [0.1, 0.15) is 46.5 Å². The molecule has 1 aliphatic rings. The number of carbonyl (C=O) groups is 1. The Kier molecular flexibility index (Phi) is 7.06. The summed E-state index contributed by atoms with van der Waals surface area (Å²) in [6.07, 6.45) is 2.80. The number of nitrogens with one attached hydrogen (secondary N) is 2. The molecule has 1 aromatic carbocycles. The van der Waals surface area contributed by atoms with Crippen LogP contribution in [0.4, 0.5) is 11.4 Å². The van der Waals surface area contributed by atoms with E-state index in [-0.39, 0.29) is 17.9 Å². The minimum absolute atomic E-state index is 0.0202. The lowest BCUT2D eigenvalue weighted by molar-refractivity contribution is -0.120. The summed E-state index contributed by atoms with van der Waals surface area (Å²) >= 11 is 0. The summed E-state index contributed by atoms with van der Waals surface area (Å²) in [6, 6.07) is 7.77. The molecule has 2 rings (SSSR count). The lowest BCUT2D eigenvalue weighted by Crippen LogP contribution is -2.42. The molecule has 0 heterocycles. The maximum absolute atomic E-state index is 12.5. The Morgan fingerprint density at radius 1 is 1.15 bits per heavy atom. The molecule has 26 heavy (non-hydrogen) atoms. The van der Waals surface area contributed by atoms with Gasteiger partial charge in [-0.05, 0) is 70.7 Å². The van der Waals surface area contributed by atoms with E-state index in [1.165, 1.54) is 0 Å². The van der Waals surface area contributed by atoms with E-state index in [1.807, 2.05) is 31.3 Å². The Hall–Kier alpha value is -1.60. The van der Waals surface area contributed by atoms with Gasteiger partial charge in [0.25, 0.3) is 0 Å². The van der Waals surface area contributed by atoms with Crippen LogP contribution in [-0.4, -0.2) is 39.2 Å². The molecule has 0 unspecified atom stereocenters. The first kappa shape index (κ1) is 20.7. The summed E-state index contributed by atoms with van der Waals surface area (Å²) in [5.74, 6) is -0.0421. The van der Waals surface area contributed by atoms with Crippen molar-refractivity contribution in [2.75, 3.05) is 23.8 Å². The average molecular weight is 382 g/mol. The molecule has 0 aliphatic heterocycles. The average Bonchev–Trinajstić information content (AvgIpc) is 2.61. The van der Waals surface area contributed by atoms with Gasteiger partial charge in [-0.2, -0.15) is 0 Å². The maximum Gasteiger partial charge on any atom is 0.227 e. The molecule has 1 fully saturated rings. The predicted molar refractivity (Wildman–Crippen MR) is 107 cm³/mol. The molecule has 0 saturated heterocycles. The van der Waals surface area contributed by atoms with Crippen LogP contribution < -0.4 is 14.9 Å². The maximum atomic E-state index is 12.5. The van der Waals surface area contributed by atoms with Crippen molar-refractivity contribution in [3.63, 3.8) is 0 Å². The number of amides is 1. The second kappa shape index (κ2) is 8.86. The van der Waals surface area contributed by atoms with Gasteiger partial charge in [0.05, 0.1) is 5.25 Å². The molecule has 2 N–H and O–H groups in total. The van der Waals surface area contributed by atoms with E-state index in [4.69, 9.17) is 0 Å². The molecule has 7 heteroatoms. The topological polar surface area (TPSA) is 78.5 Å². The van der Waals surface area contributed by atoms with Crippen molar-refractivity contribution < 1.29 is 13.2 Å². The van der Waals surface area contributed by atoms with Crippen LogP contribution in [0.2, 0.25) is 0 Å². The standard InChI is InChI=1S/C19H31N3O3S/c1-5-22(4)18-12-10-16(11-13-18)20-19(23)15-6-8-17(9-7-15)21-26(24,25)14(2)3/h10-15,17,21H,5-9H2,1-4H3,(H,20,23). The first-order valence-corrected chi connectivity index (χ1v) is 10.9. The summed E-state index contributed by atoms with van der Waals surface area (Å²) in [6.45, 7) is 6.36. The minimum atomic E-state index is -3.25. The molecular formula is C19H31N3O3S. The zero-order valence-corrected chi connectivity index (χ0v) is 17.0. The highest BCUT2D eigenvalue weighted by atomic mass is 32.2. The van der Waals surface area contributed by atoms with Crippen molar-refractivity contribution in [2.45, 2.75) is 57.7 Å². The van der Waals surface area contributed by atoms with E-state index >= 15 is 0 Å². The fourth-order valence-corrected chi connectivity index (χ4v) is 4.04. The normalized spacial score (nSPS) is 20.8. The van der Waals surface area contributed by atoms with E-state index < -0.39 is 15.3 Å². The van der Waals surface area contributed by atoms with Crippen LogP contribution in [0.3, 0.4) is 0 Å². The molecule has 0 bridgehead atoms. The Morgan fingerprint density at radius 3 is 2.23 bits per heavy atom. The van der Waals surface area contributed by atoms with Gasteiger partial charge in [-0.15, -0.1) is 0 Å². The molecule has 1 saturated carbocycles. The van der Waals surface area contributed by atoms with Crippen molar-refractivity contribution in [3.05, 3.63) is 24.3 Å². The smallest absolute Gasteiger partial charge is 0.227 e.